The summed E-state index contributed by atoms with van der Waals surface area (Å²) in [5, 5.41) is 7.00. The molecule has 4 heteroatoms. The maximum absolute atomic E-state index is 5.30. The molecule has 1 aromatic rings. The van der Waals surface area contributed by atoms with Crippen LogP contribution in [-0.2, 0) is 0 Å². The van der Waals surface area contributed by atoms with Gasteiger partial charge in [-0.05, 0) is 37.9 Å². The van der Waals surface area contributed by atoms with Gasteiger partial charge in [0.15, 0.2) is 11.5 Å². The van der Waals surface area contributed by atoms with Gasteiger partial charge in [-0.3, -0.25) is 0 Å². The fourth-order valence-corrected chi connectivity index (χ4v) is 2.51. The van der Waals surface area contributed by atoms with Gasteiger partial charge in [-0.2, -0.15) is 0 Å². The van der Waals surface area contributed by atoms with E-state index in [0.29, 0.717) is 6.04 Å². The Kier molecular flexibility index (Phi) is 5.33. The van der Waals surface area contributed by atoms with E-state index in [0.717, 1.165) is 30.2 Å². The van der Waals surface area contributed by atoms with Crippen molar-refractivity contribution in [2.45, 2.75) is 31.7 Å². The van der Waals surface area contributed by atoms with Crippen molar-refractivity contribution in [2.24, 2.45) is 0 Å². The summed E-state index contributed by atoms with van der Waals surface area (Å²) in [6.45, 7) is 2.15. The average Bonchev–Trinajstić information content (AvgIpc) is 2.48. The van der Waals surface area contributed by atoms with E-state index < -0.39 is 0 Å². The van der Waals surface area contributed by atoms with Crippen molar-refractivity contribution >= 4 is 5.69 Å². The molecule has 1 atom stereocenters. The first-order valence-electron chi connectivity index (χ1n) is 7.03. The minimum absolute atomic E-state index is 0.668. The highest BCUT2D eigenvalue weighted by atomic mass is 16.5. The molecule has 0 amide bonds. The molecule has 0 aliphatic carbocycles. The summed E-state index contributed by atoms with van der Waals surface area (Å²) in [5.74, 6) is 1.53. The lowest BCUT2D eigenvalue weighted by atomic mass is 10.0. The lowest BCUT2D eigenvalue weighted by Crippen LogP contribution is -2.35. The van der Waals surface area contributed by atoms with Gasteiger partial charge in [0.05, 0.1) is 14.2 Å². The normalized spacial score (nSPS) is 18.9. The second-order valence-electron chi connectivity index (χ2n) is 4.93. The minimum atomic E-state index is 0.668. The molecule has 1 saturated heterocycles. The quantitative estimate of drug-likeness (QED) is 0.829. The Morgan fingerprint density at radius 2 is 2.05 bits per heavy atom. The highest BCUT2D eigenvalue weighted by Crippen LogP contribution is 2.29. The minimum Gasteiger partial charge on any atom is -0.493 e. The zero-order valence-corrected chi connectivity index (χ0v) is 11.9. The average molecular weight is 264 g/mol. The number of anilines is 1. The van der Waals surface area contributed by atoms with Gasteiger partial charge in [0.2, 0.25) is 0 Å². The van der Waals surface area contributed by atoms with Crippen LogP contribution in [0.4, 0.5) is 5.69 Å². The number of piperidine rings is 1. The molecule has 19 heavy (non-hydrogen) atoms. The van der Waals surface area contributed by atoms with Gasteiger partial charge >= 0.3 is 0 Å². The highest BCUT2D eigenvalue weighted by molar-refractivity contribution is 5.54. The summed E-state index contributed by atoms with van der Waals surface area (Å²) < 4.78 is 10.5. The summed E-state index contributed by atoms with van der Waals surface area (Å²) >= 11 is 0. The molecule has 4 nitrogen and oxygen atoms in total. The lowest BCUT2D eigenvalue weighted by molar-refractivity contribution is 0.355. The summed E-state index contributed by atoms with van der Waals surface area (Å²) in [5.41, 5.74) is 1.08. The van der Waals surface area contributed by atoms with Crippen molar-refractivity contribution in [3.63, 3.8) is 0 Å². The van der Waals surface area contributed by atoms with E-state index in [1.807, 2.05) is 18.2 Å². The highest BCUT2D eigenvalue weighted by Gasteiger charge is 2.11. The zero-order valence-electron chi connectivity index (χ0n) is 11.9. The summed E-state index contributed by atoms with van der Waals surface area (Å²) in [4.78, 5) is 0. The van der Waals surface area contributed by atoms with Crippen molar-refractivity contribution in [3.05, 3.63) is 18.2 Å². The fourth-order valence-electron chi connectivity index (χ4n) is 2.51. The number of ether oxygens (including phenoxy) is 2. The van der Waals surface area contributed by atoms with Gasteiger partial charge in [0, 0.05) is 24.3 Å². The predicted octanol–water partition coefficient (Wildman–Crippen LogP) is 2.65. The monoisotopic (exact) mass is 264 g/mol. The van der Waals surface area contributed by atoms with Gasteiger partial charge in [-0.15, -0.1) is 0 Å². The summed E-state index contributed by atoms with van der Waals surface area (Å²) in [6, 6.07) is 6.60. The second-order valence-corrected chi connectivity index (χ2v) is 4.93. The van der Waals surface area contributed by atoms with Crippen molar-refractivity contribution in [3.8, 4) is 11.5 Å². The SMILES string of the molecule is COc1ccc(NCCC2CCCCN2)cc1OC. The van der Waals surface area contributed by atoms with E-state index in [-0.39, 0.29) is 0 Å². The molecule has 106 valence electrons. The molecule has 1 aliphatic rings. The third kappa shape index (κ3) is 4.03. The summed E-state index contributed by atoms with van der Waals surface area (Å²) in [6.07, 6.45) is 5.13. The van der Waals surface area contributed by atoms with Gasteiger partial charge in [-0.25, -0.2) is 0 Å². The molecule has 1 unspecified atom stereocenters. The largest absolute Gasteiger partial charge is 0.493 e. The molecule has 1 heterocycles. The molecule has 0 spiro atoms. The maximum atomic E-state index is 5.30. The van der Waals surface area contributed by atoms with E-state index in [1.165, 1.54) is 25.8 Å². The number of methoxy groups -OCH3 is 2. The van der Waals surface area contributed by atoms with Crippen molar-refractivity contribution in [2.75, 3.05) is 32.6 Å². The van der Waals surface area contributed by atoms with Crippen LogP contribution in [0.3, 0.4) is 0 Å². The number of nitrogens with one attached hydrogen (secondary N) is 2. The van der Waals surface area contributed by atoms with Crippen LogP contribution in [0.25, 0.3) is 0 Å². The molecule has 2 rings (SSSR count). The number of benzene rings is 1. The number of hydrogen-bond donors (Lipinski definition) is 2. The van der Waals surface area contributed by atoms with E-state index in [4.69, 9.17) is 9.47 Å². The fraction of sp³-hybridized carbons (Fsp3) is 0.600. The standard InChI is InChI=1S/C15H24N2O2/c1-18-14-7-6-13(11-15(14)19-2)17-10-8-12-5-3-4-9-16-12/h6-7,11-12,16-17H,3-5,8-10H2,1-2H3. The Balaban J connectivity index is 1.81. The van der Waals surface area contributed by atoms with Crippen LogP contribution in [0.15, 0.2) is 18.2 Å². The first-order valence-corrected chi connectivity index (χ1v) is 7.03. The summed E-state index contributed by atoms with van der Waals surface area (Å²) in [7, 11) is 3.31. The Labute approximate surface area is 115 Å². The van der Waals surface area contributed by atoms with Gasteiger partial charge in [0.25, 0.3) is 0 Å². The zero-order chi connectivity index (χ0) is 13.5. The number of rotatable bonds is 6. The Bertz CT molecular complexity index is 390. The van der Waals surface area contributed by atoms with Crippen molar-refractivity contribution in [1.82, 2.24) is 5.32 Å². The lowest BCUT2D eigenvalue weighted by Gasteiger charge is -2.23. The molecule has 0 bridgehead atoms. The van der Waals surface area contributed by atoms with E-state index in [9.17, 15) is 0 Å². The third-order valence-electron chi connectivity index (χ3n) is 3.62. The van der Waals surface area contributed by atoms with Crippen LogP contribution < -0.4 is 20.1 Å². The molecule has 2 N–H and O–H groups in total. The topological polar surface area (TPSA) is 42.5 Å². The van der Waals surface area contributed by atoms with Gasteiger partial charge in [-0.1, -0.05) is 6.42 Å². The van der Waals surface area contributed by atoms with Crippen molar-refractivity contribution < 1.29 is 9.47 Å². The van der Waals surface area contributed by atoms with Crippen LogP contribution >= 0.6 is 0 Å². The van der Waals surface area contributed by atoms with E-state index >= 15 is 0 Å². The van der Waals surface area contributed by atoms with Crippen LogP contribution in [0.2, 0.25) is 0 Å². The molecular formula is C15H24N2O2. The maximum Gasteiger partial charge on any atom is 0.162 e. The van der Waals surface area contributed by atoms with Gasteiger partial charge < -0.3 is 20.1 Å². The van der Waals surface area contributed by atoms with Crippen LogP contribution in [0.1, 0.15) is 25.7 Å². The Hall–Kier alpha value is -1.42. The van der Waals surface area contributed by atoms with E-state index in [2.05, 4.69) is 10.6 Å². The molecule has 0 radical (unpaired) electrons. The Morgan fingerprint density at radius 1 is 1.21 bits per heavy atom. The molecule has 0 aromatic heterocycles. The second kappa shape index (κ2) is 7.24. The first-order chi connectivity index (χ1) is 9.33. The molecular weight excluding hydrogens is 240 g/mol. The smallest absolute Gasteiger partial charge is 0.162 e. The third-order valence-corrected chi connectivity index (χ3v) is 3.62. The van der Waals surface area contributed by atoms with Crippen LogP contribution in [-0.4, -0.2) is 33.4 Å². The van der Waals surface area contributed by atoms with Crippen LogP contribution in [0, 0.1) is 0 Å². The van der Waals surface area contributed by atoms with Crippen LogP contribution in [0.5, 0.6) is 11.5 Å². The molecule has 1 aromatic carbocycles. The predicted molar refractivity (Wildman–Crippen MR) is 78.3 cm³/mol. The van der Waals surface area contributed by atoms with Crippen molar-refractivity contribution in [1.29, 1.82) is 0 Å². The Morgan fingerprint density at radius 3 is 2.74 bits per heavy atom. The molecule has 1 aliphatic heterocycles. The van der Waals surface area contributed by atoms with E-state index in [1.54, 1.807) is 14.2 Å². The first kappa shape index (κ1) is 14.0. The number of hydrogen-bond acceptors (Lipinski definition) is 4. The van der Waals surface area contributed by atoms with Gasteiger partial charge in [0.1, 0.15) is 0 Å². The molecule has 1 fully saturated rings. The molecule has 0 saturated carbocycles.